The van der Waals surface area contributed by atoms with Crippen LogP contribution in [0.5, 0.6) is 0 Å². The van der Waals surface area contributed by atoms with Crippen molar-refractivity contribution in [3.8, 4) is 0 Å². The Kier molecular flexibility index (Phi) is 5.26. The summed E-state index contributed by atoms with van der Waals surface area (Å²) in [5.41, 5.74) is 1.06. The fraction of sp³-hybridized carbons (Fsp3) is 0.650. The van der Waals surface area contributed by atoms with Crippen molar-refractivity contribution in [1.82, 2.24) is 9.80 Å². The molecule has 0 saturated carbocycles. The Morgan fingerprint density at radius 3 is 2.33 bits per heavy atom. The molecule has 0 radical (unpaired) electrons. The van der Waals surface area contributed by atoms with Gasteiger partial charge in [-0.2, -0.15) is 0 Å². The van der Waals surface area contributed by atoms with Crippen LogP contribution < -0.4 is 0 Å². The summed E-state index contributed by atoms with van der Waals surface area (Å²) < 4.78 is 5.16. The van der Waals surface area contributed by atoms with Crippen LogP contribution in [-0.2, 0) is 16.1 Å². The van der Waals surface area contributed by atoms with E-state index in [9.17, 15) is 4.79 Å². The molecule has 132 valence electrons. The molecule has 2 aliphatic rings. The molecule has 0 aromatic heterocycles. The van der Waals surface area contributed by atoms with Crippen molar-refractivity contribution in [3.63, 3.8) is 0 Å². The molecule has 2 heterocycles. The van der Waals surface area contributed by atoms with E-state index >= 15 is 0 Å². The number of rotatable bonds is 6. The van der Waals surface area contributed by atoms with Crippen molar-refractivity contribution in [2.75, 3.05) is 39.9 Å². The third-order valence-electron chi connectivity index (χ3n) is 5.61. The molecule has 0 unspecified atom stereocenters. The lowest BCUT2D eigenvalue weighted by Crippen LogP contribution is -2.41. The number of methoxy groups -OCH3 is 1. The summed E-state index contributed by atoms with van der Waals surface area (Å²) in [6, 6.07) is 10.7. The van der Waals surface area contributed by atoms with Gasteiger partial charge < -0.3 is 9.64 Å². The van der Waals surface area contributed by atoms with Crippen LogP contribution in [-0.4, -0.2) is 55.6 Å². The van der Waals surface area contributed by atoms with Gasteiger partial charge in [0.25, 0.3) is 0 Å². The van der Waals surface area contributed by atoms with Gasteiger partial charge in [0.15, 0.2) is 0 Å². The normalized spacial score (nSPS) is 24.4. The van der Waals surface area contributed by atoms with Gasteiger partial charge in [0, 0.05) is 51.9 Å². The Bertz CT molecular complexity index is 544. The predicted octanol–water partition coefficient (Wildman–Crippen LogP) is 2.64. The average Bonchev–Trinajstić information content (AvgIpc) is 3.11. The first-order chi connectivity index (χ1) is 11.5. The maximum Gasteiger partial charge on any atom is 0.228 e. The van der Waals surface area contributed by atoms with Crippen molar-refractivity contribution in [2.45, 2.75) is 26.8 Å². The van der Waals surface area contributed by atoms with Gasteiger partial charge in [-0.1, -0.05) is 44.2 Å². The van der Waals surface area contributed by atoms with E-state index in [-0.39, 0.29) is 5.41 Å². The molecule has 1 aromatic rings. The van der Waals surface area contributed by atoms with Crippen molar-refractivity contribution < 1.29 is 9.53 Å². The van der Waals surface area contributed by atoms with E-state index in [1.165, 1.54) is 5.56 Å². The number of hydrogen-bond donors (Lipinski definition) is 0. The molecule has 0 spiro atoms. The lowest BCUT2D eigenvalue weighted by atomic mass is 9.88. The van der Waals surface area contributed by atoms with Crippen LogP contribution in [0.3, 0.4) is 0 Å². The highest BCUT2D eigenvalue weighted by Gasteiger charge is 2.44. The van der Waals surface area contributed by atoms with Crippen molar-refractivity contribution in [1.29, 1.82) is 0 Å². The summed E-state index contributed by atoms with van der Waals surface area (Å²) in [5.74, 6) is 1.57. The molecular weight excluding hydrogens is 300 g/mol. The van der Waals surface area contributed by atoms with Crippen molar-refractivity contribution in [2.24, 2.45) is 17.3 Å². The van der Waals surface area contributed by atoms with Crippen LogP contribution >= 0.6 is 0 Å². The van der Waals surface area contributed by atoms with Crippen molar-refractivity contribution in [3.05, 3.63) is 35.9 Å². The molecule has 4 heteroatoms. The minimum atomic E-state index is -0.321. The highest BCUT2D eigenvalue weighted by atomic mass is 16.5. The third-order valence-corrected chi connectivity index (χ3v) is 5.61. The van der Waals surface area contributed by atoms with Crippen LogP contribution in [0.25, 0.3) is 0 Å². The van der Waals surface area contributed by atoms with Crippen LogP contribution in [0.4, 0.5) is 0 Å². The molecule has 4 nitrogen and oxygen atoms in total. The molecule has 2 aliphatic heterocycles. The van der Waals surface area contributed by atoms with E-state index in [0.29, 0.717) is 24.3 Å². The fourth-order valence-electron chi connectivity index (χ4n) is 4.12. The molecule has 1 aromatic carbocycles. The lowest BCUT2D eigenvalue weighted by molar-refractivity contribution is -0.140. The van der Waals surface area contributed by atoms with Gasteiger partial charge in [-0.15, -0.1) is 0 Å². The van der Waals surface area contributed by atoms with Gasteiger partial charge >= 0.3 is 0 Å². The van der Waals surface area contributed by atoms with Crippen LogP contribution in [0.1, 0.15) is 25.8 Å². The topological polar surface area (TPSA) is 32.8 Å². The van der Waals surface area contributed by atoms with Gasteiger partial charge in [0.1, 0.15) is 0 Å². The number of carbonyl (C=O) groups excluding carboxylic acids is 1. The zero-order chi connectivity index (χ0) is 17.2. The van der Waals surface area contributed by atoms with Crippen molar-refractivity contribution >= 4 is 5.91 Å². The van der Waals surface area contributed by atoms with E-state index in [1.54, 1.807) is 7.11 Å². The average molecular weight is 330 g/mol. The number of likely N-dealkylation sites (tertiary alicyclic amines) is 2. The quantitative estimate of drug-likeness (QED) is 0.804. The summed E-state index contributed by atoms with van der Waals surface area (Å²) in [7, 11) is 1.70. The third kappa shape index (κ3) is 3.81. The minimum absolute atomic E-state index is 0.295. The zero-order valence-corrected chi connectivity index (χ0v) is 15.2. The van der Waals surface area contributed by atoms with Gasteiger partial charge in [-0.25, -0.2) is 0 Å². The second kappa shape index (κ2) is 7.24. The Labute approximate surface area is 145 Å². The van der Waals surface area contributed by atoms with E-state index in [1.807, 2.05) is 13.8 Å². The van der Waals surface area contributed by atoms with Crippen LogP contribution in [0, 0.1) is 17.3 Å². The van der Waals surface area contributed by atoms with Crippen LogP contribution in [0.15, 0.2) is 30.3 Å². The van der Waals surface area contributed by atoms with Gasteiger partial charge in [0.2, 0.25) is 5.91 Å². The number of amides is 1. The largest absolute Gasteiger partial charge is 0.385 e. The summed E-state index contributed by atoms with van der Waals surface area (Å²) >= 11 is 0. The Morgan fingerprint density at radius 2 is 1.75 bits per heavy atom. The van der Waals surface area contributed by atoms with E-state index in [4.69, 9.17) is 4.74 Å². The molecular formula is C20H30N2O2. The second-order valence-electron chi connectivity index (χ2n) is 8.04. The number of hydrogen-bond acceptors (Lipinski definition) is 3. The molecule has 2 saturated heterocycles. The highest BCUT2D eigenvalue weighted by molar-refractivity contribution is 5.82. The SMILES string of the molecule is COCCC(C)(C)C(=O)N1C[C@H]2CN(Cc3ccccc3)C[C@H]2C1. The lowest BCUT2D eigenvalue weighted by Gasteiger charge is -2.30. The Balaban J connectivity index is 1.52. The van der Waals surface area contributed by atoms with Crippen LogP contribution in [0.2, 0.25) is 0 Å². The summed E-state index contributed by atoms with van der Waals surface area (Å²) in [4.78, 5) is 17.5. The molecule has 0 N–H and O–H groups in total. The highest BCUT2D eigenvalue weighted by Crippen LogP contribution is 2.35. The van der Waals surface area contributed by atoms with Gasteiger partial charge in [0.05, 0.1) is 0 Å². The van der Waals surface area contributed by atoms with E-state index < -0.39 is 0 Å². The summed E-state index contributed by atoms with van der Waals surface area (Å²) in [6.45, 7) is 9.83. The fourth-order valence-corrected chi connectivity index (χ4v) is 4.12. The zero-order valence-electron chi connectivity index (χ0n) is 15.2. The first kappa shape index (κ1) is 17.4. The summed E-state index contributed by atoms with van der Waals surface area (Å²) in [5, 5.41) is 0. The monoisotopic (exact) mass is 330 g/mol. The van der Waals surface area contributed by atoms with E-state index in [2.05, 4.69) is 40.1 Å². The number of carbonyl (C=O) groups is 1. The molecule has 0 bridgehead atoms. The molecule has 1 amide bonds. The summed E-state index contributed by atoms with van der Waals surface area (Å²) in [6.07, 6.45) is 0.786. The second-order valence-corrected chi connectivity index (χ2v) is 8.04. The number of nitrogens with zero attached hydrogens (tertiary/aromatic N) is 2. The molecule has 0 aliphatic carbocycles. The number of fused-ring (bicyclic) bond motifs is 1. The smallest absolute Gasteiger partial charge is 0.228 e. The first-order valence-electron chi connectivity index (χ1n) is 9.04. The molecule has 24 heavy (non-hydrogen) atoms. The molecule has 2 fully saturated rings. The standard InChI is InChI=1S/C20H30N2O2/c1-20(2,9-10-24-3)19(23)22-14-17-12-21(13-18(17)15-22)11-16-7-5-4-6-8-16/h4-8,17-18H,9-15H2,1-3H3/t17-,18+. The number of benzene rings is 1. The first-order valence-corrected chi connectivity index (χ1v) is 9.04. The Morgan fingerprint density at radius 1 is 1.12 bits per heavy atom. The maximum absolute atomic E-state index is 12.8. The molecule has 2 atom stereocenters. The molecule has 3 rings (SSSR count). The van der Waals surface area contributed by atoms with E-state index in [0.717, 1.165) is 39.1 Å². The number of ether oxygens (including phenoxy) is 1. The predicted molar refractivity (Wildman–Crippen MR) is 95.6 cm³/mol. The van der Waals surface area contributed by atoms with Gasteiger partial charge in [-0.05, 0) is 23.8 Å². The maximum atomic E-state index is 12.8. The van der Waals surface area contributed by atoms with Gasteiger partial charge in [-0.3, -0.25) is 9.69 Å². The Hall–Kier alpha value is -1.39. The minimum Gasteiger partial charge on any atom is -0.385 e.